The molecule has 5 nitrogen and oxygen atoms in total. The summed E-state index contributed by atoms with van der Waals surface area (Å²) < 4.78 is 7.31. The van der Waals surface area contributed by atoms with Crippen LogP contribution in [0.5, 0.6) is 0 Å². The Morgan fingerprint density at radius 2 is 1.85 bits per heavy atom. The van der Waals surface area contributed by atoms with E-state index in [0.29, 0.717) is 5.16 Å². The fourth-order valence-electron chi connectivity index (χ4n) is 2.87. The van der Waals surface area contributed by atoms with Crippen LogP contribution in [0.25, 0.3) is 16.6 Å². The third-order valence-electron chi connectivity index (χ3n) is 4.14. The molecule has 0 bridgehead atoms. The summed E-state index contributed by atoms with van der Waals surface area (Å²) in [6, 6.07) is 19.8. The van der Waals surface area contributed by atoms with Crippen LogP contribution in [0.1, 0.15) is 11.1 Å². The lowest BCUT2D eigenvalue weighted by molar-refractivity contribution is -0.141. The Morgan fingerprint density at radius 1 is 1.08 bits per heavy atom. The van der Waals surface area contributed by atoms with Gasteiger partial charge in [0, 0.05) is 5.39 Å². The minimum atomic E-state index is -0.271. The Kier molecular flexibility index (Phi) is 4.58. The number of fused-ring (bicyclic) bond motifs is 3. The zero-order valence-electron chi connectivity index (χ0n) is 14.3. The fourth-order valence-corrected chi connectivity index (χ4v) is 3.62. The highest BCUT2D eigenvalue weighted by molar-refractivity contribution is 7.99. The van der Waals surface area contributed by atoms with Crippen molar-refractivity contribution in [3.63, 3.8) is 0 Å². The molecule has 0 saturated heterocycles. The zero-order valence-corrected chi connectivity index (χ0v) is 15.1. The van der Waals surface area contributed by atoms with E-state index in [-0.39, 0.29) is 18.3 Å². The van der Waals surface area contributed by atoms with Crippen molar-refractivity contribution in [2.45, 2.75) is 18.7 Å². The molecule has 0 amide bonds. The van der Waals surface area contributed by atoms with E-state index in [9.17, 15) is 4.79 Å². The molecule has 0 aliphatic carbocycles. The topological polar surface area (TPSA) is 56.5 Å². The summed E-state index contributed by atoms with van der Waals surface area (Å²) in [4.78, 5) is 12.1. The number of thioether (sulfide) groups is 1. The summed E-state index contributed by atoms with van der Waals surface area (Å²) in [5, 5.41) is 10.3. The minimum absolute atomic E-state index is 0.190. The van der Waals surface area contributed by atoms with Crippen molar-refractivity contribution in [3.05, 3.63) is 71.8 Å². The van der Waals surface area contributed by atoms with Gasteiger partial charge >= 0.3 is 5.97 Å². The van der Waals surface area contributed by atoms with Gasteiger partial charge in [-0.1, -0.05) is 60.3 Å². The first-order valence-electron chi connectivity index (χ1n) is 8.28. The van der Waals surface area contributed by atoms with Crippen molar-refractivity contribution in [1.29, 1.82) is 0 Å². The van der Waals surface area contributed by atoms with Crippen molar-refractivity contribution in [2.24, 2.45) is 0 Å². The van der Waals surface area contributed by atoms with Crippen LogP contribution >= 0.6 is 11.8 Å². The molecule has 0 radical (unpaired) electrons. The van der Waals surface area contributed by atoms with E-state index < -0.39 is 0 Å². The summed E-state index contributed by atoms with van der Waals surface area (Å²) >= 11 is 1.34. The number of para-hydroxylation sites is 1. The van der Waals surface area contributed by atoms with Crippen LogP contribution in [0.2, 0.25) is 0 Å². The van der Waals surface area contributed by atoms with E-state index in [0.717, 1.165) is 27.7 Å². The highest BCUT2D eigenvalue weighted by Gasteiger charge is 2.13. The van der Waals surface area contributed by atoms with Crippen LogP contribution in [0.4, 0.5) is 0 Å². The molecule has 6 heteroatoms. The lowest BCUT2D eigenvalue weighted by Crippen LogP contribution is -2.07. The molecule has 0 spiro atoms. The monoisotopic (exact) mass is 363 g/mol. The number of nitrogens with zero attached hydrogens (tertiary/aromatic N) is 3. The molecule has 0 aliphatic heterocycles. The number of carbonyl (C=O) groups is 1. The number of hydrogen-bond donors (Lipinski definition) is 0. The lowest BCUT2D eigenvalue weighted by atomic mass is 10.1. The smallest absolute Gasteiger partial charge is 0.316 e. The first kappa shape index (κ1) is 16.6. The Morgan fingerprint density at radius 3 is 2.69 bits per heavy atom. The molecular formula is C20H17N3O2S. The highest BCUT2D eigenvalue weighted by Crippen LogP contribution is 2.25. The number of esters is 1. The van der Waals surface area contributed by atoms with Gasteiger partial charge in [0.25, 0.3) is 0 Å². The van der Waals surface area contributed by atoms with E-state index in [4.69, 9.17) is 4.74 Å². The molecule has 2 heterocycles. The maximum atomic E-state index is 12.1. The Balaban J connectivity index is 1.51. The molecule has 0 aliphatic rings. The van der Waals surface area contributed by atoms with Gasteiger partial charge in [-0.05, 0) is 30.2 Å². The highest BCUT2D eigenvalue weighted by atomic mass is 32.2. The van der Waals surface area contributed by atoms with Gasteiger partial charge in [-0.15, -0.1) is 10.2 Å². The van der Waals surface area contributed by atoms with Gasteiger partial charge in [-0.2, -0.15) is 0 Å². The number of aryl methyl sites for hydroxylation is 1. The molecule has 26 heavy (non-hydrogen) atoms. The second kappa shape index (κ2) is 7.17. The van der Waals surface area contributed by atoms with E-state index >= 15 is 0 Å². The Bertz CT molecular complexity index is 1080. The quantitative estimate of drug-likeness (QED) is 0.396. The minimum Gasteiger partial charge on any atom is -0.460 e. The molecule has 0 N–H and O–H groups in total. The van der Waals surface area contributed by atoms with Crippen molar-refractivity contribution in [1.82, 2.24) is 14.6 Å². The van der Waals surface area contributed by atoms with Crippen LogP contribution in [-0.4, -0.2) is 26.3 Å². The average molecular weight is 363 g/mol. The van der Waals surface area contributed by atoms with Gasteiger partial charge in [-0.25, -0.2) is 0 Å². The predicted molar refractivity (Wildman–Crippen MR) is 102 cm³/mol. The Hall–Kier alpha value is -2.86. The molecular weight excluding hydrogens is 346 g/mol. The third-order valence-corrected chi connectivity index (χ3v) is 5.04. The number of hydrogen-bond acceptors (Lipinski definition) is 5. The number of benzene rings is 2. The molecule has 130 valence electrons. The van der Waals surface area contributed by atoms with Gasteiger partial charge < -0.3 is 4.74 Å². The summed E-state index contributed by atoms with van der Waals surface area (Å²) in [6.07, 6.45) is 0. The fraction of sp³-hybridized carbons (Fsp3) is 0.150. The molecule has 2 aromatic carbocycles. The maximum Gasteiger partial charge on any atom is 0.316 e. The van der Waals surface area contributed by atoms with Gasteiger partial charge in [-0.3, -0.25) is 9.20 Å². The van der Waals surface area contributed by atoms with Crippen molar-refractivity contribution >= 4 is 34.3 Å². The van der Waals surface area contributed by atoms with Crippen LogP contribution in [0.15, 0.2) is 65.8 Å². The molecule has 0 fully saturated rings. The number of aromatic nitrogens is 3. The van der Waals surface area contributed by atoms with Crippen LogP contribution < -0.4 is 0 Å². The summed E-state index contributed by atoms with van der Waals surface area (Å²) in [5.74, 6) is -0.0810. The van der Waals surface area contributed by atoms with Crippen LogP contribution in [0.3, 0.4) is 0 Å². The lowest BCUT2D eigenvalue weighted by Gasteiger charge is -2.07. The van der Waals surface area contributed by atoms with Crippen LogP contribution in [-0.2, 0) is 16.1 Å². The average Bonchev–Trinajstić information content (AvgIpc) is 3.08. The van der Waals surface area contributed by atoms with Gasteiger partial charge in [0.05, 0.1) is 11.3 Å². The second-order valence-electron chi connectivity index (χ2n) is 5.96. The van der Waals surface area contributed by atoms with Crippen molar-refractivity contribution < 1.29 is 9.53 Å². The molecule has 4 rings (SSSR count). The maximum absolute atomic E-state index is 12.1. The number of ether oxygens (including phenoxy) is 1. The summed E-state index contributed by atoms with van der Waals surface area (Å²) in [7, 11) is 0. The van der Waals surface area contributed by atoms with E-state index in [1.54, 1.807) is 0 Å². The molecule has 0 unspecified atom stereocenters. The summed E-state index contributed by atoms with van der Waals surface area (Å²) in [5.41, 5.74) is 3.94. The first-order valence-corrected chi connectivity index (χ1v) is 9.27. The van der Waals surface area contributed by atoms with E-state index in [1.807, 2.05) is 59.0 Å². The standard InChI is InChI=1S/C20H17N3O2S/c1-14-11-18-21-22-20(23(18)17-10-6-5-9-16(14)17)26-13-19(24)25-12-15-7-3-2-4-8-15/h2-11H,12-13H2,1H3. The van der Waals surface area contributed by atoms with Gasteiger partial charge in [0.15, 0.2) is 10.8 Å². The number of carbonyl (C=O) groups excluding carboxylic acids is 1. The molecule has 4 aromatic rings. The first-order chi connectivity index (χ1) is 12.7. The number of rotatable bonds is 5. The SMILES string of the molecule is Cc1cc2nnc(SCC(=O)OCc3ccccc3)n2c2ccccc12. The molecule has 2 aromatic heterocycles. The van der Waals surface area contributed by atoms with E-state index in [1.165, 1.54) is 11.8 Å². The number of pyridine rings is 1. The van der Waals surface area contributed by atoms with Crippen molar-refractivity contribution in [2.75, 3.05) is 5.75 Å². The zero-order chi connectivity index (χ0) is 17.9. The van der Waals surface area contributed by atoms with E-state index in [2.05, 4.69) is 23.2 Å². The summed E-state index contributed by atoms with van der Waals surface area (Å²) in [6.45, 7) is 2.34. The van der Waals surface area contributed by atoms with Gasteiger partial charge in [0.2, 0.25) is 0 Å². The molecule has 0 atom stereocenters. The normalized spacial score (nSPS) is 11.1. The second-order valence-corrected chi connectivity index (χ2v) is 6.90. The molecule has 0 saturated carbocycles. The largest absolute Gasteiger partial charge is 0.460 e. The van der Waals surface area contributed by atoms with Crippen molar-refractivity contribution in [3.8, 4) is 0 Å². The van der Waals surface area contributed by atoms with Crippen LogP contribution in [0, 0.1) is 6.92 Å². The predicted octanol–water partition coefficient (Wildman–Crippen LogP) is 4.03. The Labute approximate surface area is 155 Å². The third kappa shape index (κ3) is 3.28. The van der Waals surface area contributed by atoms with Gasteiger partial charge in [0.1, 0.15) is 6.61 Å².